The number of nitriles is 1. The summed E-state index contributed by atoms with van der Waals surface area (Å²) in [5.74, 6) is 0.193. The number of hydrogen-bond acceptors (Lipinski definition) is 4. The molecule has 1 fully saturated rings. The Morgan fingerprint density at radius 3 is 2.45 bits per heavy atom. The molecular formula is C14H18N2O3S. The molecule has 0 bridgehead atoms. The maximum absolute atomic E-state index is 12.0. The van der Waals surface area contributed by atoms with Crippen molar-refractivity contribution in [2.45, 2.75) is 36.7 Å². The number of nitrogens with one attached hydrogen (secondary N) is 1. The van der Waals surface area contributed by atoms with E-state index < -0.39 is 16.1 Å². The smallest absolute Gasteiger partial charge is 0.240 e. The minimum atomic E-state index is -3.63. The molecule has 1 aromatic carbocycles. The van der Waals surface area contributed by atoms with Gasteiger partial charge in [0, 0.05) is 6.54 Å². The van der Waals surface area contributed by atoms with E-state index in [1.807, 2.05) is 6.07 Å². The predicted molar refractivity (Wildman–Crippen MR) is 74.3 cm³/mol. The third-order valence-corrected chi connectivity index (χ3v) is 5.16. The minimum absolute atomic E-state index is 0.0347. The largest absolute Gasteiger partial charge is 0.391 e. The fraction of sp³-hybridized carbons (Fsp3) is 0.500. The van der Waals surface area contributed by atoms with Crippen LogP contribution in [0, 0.1) is 17.2 Å². The second-order valence-electron chi connectivity index (χ2n) is 5.10. The standard InChI is InChI=1S/C14H18N2O3S/c15-9-11-5-7-13(8-6-11)20(18,19)16-10-14(17)12-3-1-2-4-12/h5-8,12,14,16-17H,1-4,10H2. The molecule has 5 nitrogen and oxygen atoms in total. The van der Waals surface area contributed by atoms with Crippen molar-refractivity contribution in [1.29, 1.82) is 5.26 Å². The predicted octanol–water partition coefficient (Wildman–Crippen LogP) is 1.39. The summed E-state index contributed by atoms with van der Waals surface area (Å²) >= 11 is 0. The van der Waals surface area contributed by atoms with Crippen molar-refractivity contribution in [3.8, 4) is 6.07 Å². The monoisotopic (exact) mass is 294 g/mol. The first-order valence-electron chi connectivity index (χ1n) is 6.71. The number of sulfonamides is 1. The lowest BCUT2D eigenvalue weighted by molar-refractivity contribution is 0.115. The van der Waals surface area contributed by atoms with E-state index in [0.717, 1.165) is 25.7 Å². The molecule has 6 heteroatoms. The second-order valence-corrected chi connectivity index (χ2v) is 6.87. The Balaban J connectivity index is 1.97. The molecule has 0 aromatic heterocycles. The lowest BCUT2D eigenvalue weighted by Gasteiger charge is -2.18. The molecule has 2 N–H and O–H groups in total. The van der Waals surface area contributed by atoms with Gasteiger partial charge in [0.2, 0.25) is 10.0 Å². The fourth-order valence-corrected chi connectivity index (χ4v) is 3.55. The number of aliphatic hydroxyl groups is 1. The maximum atomic E-state index is 12.0. The van der Waals surface area contributed by atoms with E-state index >= 15 is 0 Å². The van der Waals surface area contributed by atoms with Crippen LogP contribution in [-0.4, -0.2) is 26.2 Å². The normalized spacial score (nSPS) is 17.8. The molecule has 0 heterocycles. The van der Waals surface area contributed by atoms with Crippen LogP contribution in [0.2, 0.25) is 0 Å². The summed E-state index contributed by atoms with van der Waals surface area (Å²) in [6, 6.07) is 7.64. The minimum Gasteiger partial charge on any atom is -0.391 e. The SMILES string of the molecule is N#Cc1ccc(S(=O)(=O)NCC(O)C2CCCC2)cc1. The second kappa shape index (κ2) is 6.35. The first-order valence-corrected chi connectivity index (χ1v) is 8.19. The highest BCUT2D eigenvalue weighted by Crippen LogP contribution is 2.27. The quantitative estimate of drug-likeness (QED) is 0.858. The van der Waals surface area contributed by atoms with E-state index in [-0.39, 0.29) is 17.4 Å². The molecule has 1 saturated carbocycles. The summed E-state index contributed by atoms with van der Waals surface area (Å²) in [6.45, 7) is 0.0347. The Morgan fingerprint density at radius 2 is 1.90 bits per heavy atom. The van der Waals surface area contributed by atoms with Gasteiger partial charge in [-0.05, 0) is 43.0 Å². The van der Waals surface area contributed by atoms with Gasteiger partial charge in [-0.1, -0.05) is 12.8 Å². The van der Waals surface area contributed by atoms with E-state index in [4.69, 9.17) is 5.26 Å². The first-order chi connectivity index (χ1) is 9.53. The molecule has 1 aliphatic carbocycles. The molecule has 20 heavy (non-hydrogen) atoms. The Labute approximate surface area is 119 Å². The lowest BCUT2D eigenvalue weighted by atomic mass is 10.0. The molecule has 1 unspecified atom stereocenters. The number of hydrogen-bond donors (Lipinski definition) is 2. The highest BCUT2D eigenvalue weighted by atomic mass is 32.2. The molecule has 108 valence electrons. The van der Waals surface area contributed by atoms with Crippen molar-refractivity contribution in [2.75, 3.05) is 6.54 Å². The van der Waals surface area contributed by atoms with Crippen LogP contribution in [0.1, 0.15) is 31.2 Å². The average molecular weight is 294 g/mol. The van der Waals surface area contributed by atoms with E-state index in [9.17, 15) is 13.5 Å². The van der Waals surface area contributed by atoms with Crippen molar-refractivity contribution >= 4 is 10.0 Å². The van der Waals surface area contributed by atoms with Crippen LogP contribution >= 0.6 is 0 Å². The van der Waals surface area contributed by atoms with E-state index in [1.165, 1.54) is 24.3 Å². The van der Waals surface area contributed by atoms with Gasteiger partial charge in [-0.15, -0.1) is 0 Å². The summed E-state index contributed by atoms with van der Waals surface area (Å²) in [6.07, 6.45) is 3.49. The van der Waals surface area contributed by atoms with E-state index in [2.05, 4.69) is 4.72 Å². The zero-order valence-corrected chi connectivity index (χ0v) is 11.9. The van der Waals surface area contributed by atoms with Gasteiger partial charge in [-0.2, -0.15) is 5.26 Å². The Morgan fingerprint density at radius 1 is 1.30 bits per heavy atom. The Bertz CT molecular complexity index is 584. The van der Waals surface area contributed by atoms with Gasteiger partial charge in [0.15, 0.2) is 0 Å². The molecular weight excluding hydrogens is 276 g/mol. The van der Waals surface area contributed by atoms with Gasteiger partial charge >= 0.3 is 0 Å². The zero-order chi connectivity index (χ0) is 14.6. The number of rotatable bonds is 5. The van der Waals surface area contributed by atoms with Gasteiger partial charge in [0.05, 0.1) is 22.6 Å². The molecule has 1 aliphatic rings. The third kappa shape index (κ3) is 3.57. The topological polar surface area (TPSA) is 90.2 Å². The molecule has 0 amide bonds. The summed E-state index contributed by atoms with van der Waals surface area (Å²) in [7, 11) is -3.63. The van der Waals surface area contributed by atoms with Gasteiger partial charge in [-0.3, -0.25) is 0 Å². The van der Waals surface area contributed by atoms with Gasteiger partial charge in [0.1, 0.15) is 0 Å². The molecule has 0 aliphatic heterocycles. The van der Waals surface area contributed by atoms with E-state index in [0.29, 0.717) is 5.56 Å². The van der Waals surface area contributed by atoms with Crippen LogP contribution in [0.15, 0.2) is 29.2 Å². The van der Waals surface area contributed by atoms with Crippen LogP contribution in [0.4, 0.5) is 0 Å². The summed E-state index contributed by atoms with van der Waals surface area (Å²) in [4.78, 5) is 0.107. The van der Waals surface area contributed by atoms with Crippen LogP contribution in [0.5, 0.6) is 0 Å². The Kier molecular flexibility index (Phi) is 4.76. The molecule has 2 rings (SSSR count). The Hall–Kier alpha value is -1.42. The van der Waals surface area contributed by atoms with Crippen molar-refractivity contribution in [1.82, 2.24) is 4.72 Å². The number of nitrogens with zero attached hydrogens (tertiary/aromatic N) is 1. The van der Waals surface area contributed by atoms with Gasteiger partial charge < -0.3 is 5.11 Å². The lowest BCUT2D eigenvalue weighted by Crippen LogP contribution is -2.35. The summed E-state index contributed by atoms with van der Waals surface area (Å²) < 4.78 is 26.5. The average Bonchev–Trinajstić information content (AvgIpc) is 2.99. The van der Waals surface area contributed by atoms with Crippen LogP contribution in [0.25, 0.3) is 0 Å². The number of aliphatic hydroxyl groups excluding tert-OH is 1. The highest BCUT2D eigenvalue weighted by molar-refractivity contribution is 7.89. The van der Waals surface area contributed by atoms with Crippen LogP contribution < -0.4 is 4.72 Å². The molecule has 1 atom stereocenters. The molecule has 0 saturated heterocycles. The fourth-order valence-electron chi connectivity index (χ4n) is 2.50. The van der Waals surface area contributed by atoms with E-state index in [1.54, 1.807) is 0 Å². The molecule has 0 spiro atoms. The van der Waals surface area contributed by atoms with Crippen molar-refractivity contribution in [3.63, 3.8) is 0 Å². The molecule has 1 aromatic rings. The van der Waals surface area contributed by atoms with Crippen molar-refractivity contribution < 1.29 is 13.5 Å². The zero-order valence-electron chi connectivity index (χ0n) is 11.1. The summed E-state index contributed by atoms with van der Waals surface area (Å²) in [5, 5.41) is 18.7. The number of benzene rings is 1. The van der Waals surface area contributed by atoms with Gasteiger partial charge in [0.25, 0.3) is 0 Å². The first kappa shape index (κ1) is 15.0. The maximum Gasteiger partial charge on any atom is 0.240 e. The van der Waals surface area contributed by atoms with Crippen molar-refractivity contribution in [3.05, 3.63) is 29.8 Å². The molecule has 0 radical (unpaired) electrons. The van der Waals surface area contributed by atoms with Crippen LogP contribution in [-0.2, 0) is 10.0 Å². The van der Waals surface area contributed by atoms with Crippen molar-refractivity contribution in [2.24, 2.45) is 5.92 Å². The van der Waals surface area contributed by atoms with Crippen LogP contribution in [0.3, 0.4) is 0 Å². The summed E-state index contributed by atoms with van der Waals surface area (Å²) in [5.41, 5.74) is 0.412. The highest BCUT2D eigenvalue weighted by Gasteiger charge is 2.24. The van der Waals surface area contributed by atoms with Gasteiger partial charge in [-0.25, -0.2) is 13.1 Å². The third-order valence-electron chi connectivity index (χ3n) is 3.72.